The number of nitrogens with zero attached hydrogens (tertiary/aromatic N) is 2. The minimum absolute atomic E-state index is 0.199. The molecule has 1 aromatic heterocycles. The molecule has 0 N–H and O–H groups in total. The maximum Gasteiger partial charge on any atom is 0.416 e. The van der Waals surface area contributed by atoms with Gasteiger partial charge in [-0.3, -0.25) is 0 Å². The molecule has 0 amide bonds. The van der Waals surface area contributed by atoms with Gasteiger partial charge in [0.25, 0.3) is 0 Å². The van der Waals surface area contributed by atoms with Crippen molar-refractivity contribution in [3.63, 3.8) is 0 Å². The zero-order valence-electron chi connectivity index (χ0n) is 13.3. The van der Waals surface area contributed by atoms with Gasteiger partial charge in [-0.1, -0.05) is 41.4 Å². The molecule has 3 rings (SSSR count). The predicted molar refractivity (Wildman–Crippen MR) is 98.7 cm³/mol. The molecule has 0 saturated heterocycles. The summed E-state index contributed by atoms with van der Waals surface area (Å²) in [6, 6.07) is 10.6. The Balaban J connectivity index is 2.02. The lowest BCUT2D eigenvalue weighted by atomic mass is 10.0. The van der Waals surface area contributed by atoms with Crippen LogP contribution in [0.3, 0.4) is 0 Å². The smallest absolute Gasteiger partial charge is 0.336 e. The average molecular weight is 417 g/mol. The van der Waals surface area contributed by atoms with Crippen molar-refractivity contribution in [1.82, 2.24) is 9.55 Å². The number of rotatable bonds is 5. The van der Waals surface area contributed by atoms with Gasteiger partial charge < -0.3 is 4.57 Å². The van der Waals surface area contributed by atoms with Crippen LogP contribution in [0.4, 0.5) is 13.2 Å². The molecule has 136 valence electrons. The monoisotopic (exact) mass is 416 g/mol. The summed E-state index contributed by atoms with van der Waals surface area (Å²) in [5.41, 5.74) is -0.451. The van der Waals surface area contributed by atoms with E-state index in [4.69, 9.17) is 23.2 Å². The number of imidazole rings is 1. The highest BCUT2D eigenvalue weighted by Gasteiger charge is 2.35. The summed E-state index contributed by atoms with van der Waals surface area (Å²) >= 11 is 13.4. The van der Waals surface area contributed by atoms with E-state index >= 15 is 0 Å². The molecule has 3 aromatic rings. The molecule has 1 heterocycles. The van der Waals surface area contributed by atoms with Crippen molar-refractivity contribution in [3.8, 4) is 0 Å². The van der Waals surface area contributed by atoms with Gasteiger partial charge in [0.05, 0.1) is 22.2 Å². The first kappa shape index (κ1) is 19.1. The fourth-order valence-electron chi connectivity index (χ4n) is 2.55. The molecule has 1 atom stereocenters. The van der Waals surface area contributed by atoms with E-state index in [0.717, 1.165) is 6.07 Å². The van der Waals surface area contributed by atoms with E-state index in [0.29, 0.717) is 21.5 Å². The Bertz CT molecular complexity index is 882. The Kier molecular flexibility index (Phi) is 5.85. The Morgan fingerprint density at radius 3 is 2.54 bits per heavy atom. The number of benzene rings is 2. The molecule has 0 spiro atoms. The standard InChI is InChI=1S/C18H13Cl2F3N2S/c19-12-5-6-16(15(20)9-12)26-17(10-25-8-7-24-11-25)13-3-1-2-4-14(13)18(21,22)23/h1-9,11,17H,10H2. The van der Waals surface area contributed by atoms with Crippen molar-refractivity contribution in [2.75, 3.05) is 0 Å². The van der Waals surface area contributed by atoms with Gasteiger partial charge in [0.1, 0.15) is 0 Å². The van der Waals surface area contributed by atoms with E-state index in [9.17, 15) is 13.2 Å². The van der Waals surface area contributed by atoms with Gasteiger partial charge in [0.15, 0.2) is 0 Å². The molecule has 0 radical (unpaired) electrons. The topological polar surface area (TPSA) is 17.8 Å². The number of hydrogen-bond donors (Lipinski definition) is 0. The van der Waals surface area contributed by atoms with E-state index in [1.54, 1.807) is 47.6 Å². The SMILES string of the molecule is FC(F)(F)c1ccccc1C(Cn1ccnc1)Sc1ccc(Cl)cc1Cl. The third kappa shape index (κ3) is 4.55. The van der Waals surface area contributed by atoms with Crippen molar-refractivity contribution in [3.05, 3.63) is 82.4 Å². The first-order valence-corrected chi connectivity index (χ1v) is 9.21. The first-order valence-electron chi connectivity index (χ1n) is 7.58. The number of aromatic nitrogens is 2. The second-order valence-electron chi connectivity index (χ2n) is 5.53. The van der Waals surface area contributed by atoms with Crippen LogP contribution in [0.1, 0.15) is 16.4 Å². The highest BCUT2D eigenvalue weighted by atomic mass is 35.5. The van der Waals surface area contributed by atoms with Crippen LogP contribution >= 0.6 is 35.0 Å². The van der Waals surface area contributed by atoms with E-state index in [1.807, 2.05) is 0 Å². The van der Waals surface area contributed by atoms with E-state index in [-0.39, 0.29) is 5.56 Å². The Labute approximate surface area is 163 Å². The highest BCUT2D eigenvalue weighted by molar-refractivity contribution is 7.99. The van der Waals surface area contributed by atoms with Crippen molar-refractivity contribution in [2.24, 2.45) is 0 Å². The lowest BCUT2D eigenvalue weighted by Crippen LogP contribution is -2.13. The Morgan fingerprint density at radius 2 is 1.88 bits per heavy atom. The summed E-state index contributed by atoms with van der Waals surface area (Å²) in [6.45, 7) is 0.316. The minimum Gasteiger partial charge on any atom is -0.336 e. The molecule has 0 saturated carbocycles. The molecule has 26 heavy (non-hydrogen) atoms. The first-order chi connectivity index (χ1) is 12.3. The molecule has 0 fully saturated rings. The van der Waals surface area contributed by atoms with Crippen LogP contribution in [0.2, 0.25) is 10.0 Å². The van der Waals surface area contributed by atoms with Gasteiger partial charge in [-0.2, -0.15) is 13.2 Å². The molecule has 1 unspecified atom stereocenters. The van der Waals surface area contributed by atoms with Crippen LogP contribution < -0.4 is 0 Å². The third-order valence-electron chi connectivity index (χ3n) is 3.71. The quantitative estimate of drug-likeness (QED) is 0.428. The van der Waals surface area contributed by atoms with Gasteiger partial charge in [0, 0.05) is 28.9 Å². The predicted octanol–water partition coefficient (Wildman–Crippen LogP) is 6.74. The summed E-state index contributed by atoms with van der Waals surface area (Å²) in [4.78, 5) is 4.63. The zero-order chi connectivity index (χ0) is 18.7. The number of thioether (sulfide) groups is 1. The van der Waals surface area contributed by atoms with Crippen LogP contribution in [0.5, 0.6) is 0 Å². The molecule has 0 aliphatic rings. The normalized spacial score (nSPS) is 13.0. The lowest BCUT2D eigenvalue weighted by molar-refractivity contribution is -0.138. The molecule has 2 nitrogen and oxygen atoms in total. The zero-order valence-corrected chi connectivity index (χ0v) is 15.6. The average Bonchev–Trinajstić information content (AvgIpc) is 3.09. The number of hydrogen-bond acceptors (Lipinski definition) is 2. The molecule has 2 aromatic carbocycles. The van der Waals surface area contributed by atoms with Crippen molar-refractivity contribution in [2.45, 2.75) is 22.9 Å². The van der Waals surface area contributed by atoms with Gasteiger partial charge >= 0.3 is 6.18 Å². The summed E-state index contributed by atoms with van der Waals surface area (Å²) < 4.78 is 42.2. The lowest BCUT2D eigenvalue weighted by Gasteiger charge is -2.22. The van der Waals surface area contributed by atoms with E-state index < -0.39 is 17.0 Å². The summed E-state index contributed by atoms with van der Waals surface area (Å²) in [6.07, 6.45) is 0.446. The van der Waals surface area contributed by atoms with Gasteiger partial charge in [-0.15, -0.1) is 11.8 Å². The molecule has 0 bridgehead atoms. The van der Waals surface area contributed by atoms with Gasteiger partial charge in [-0.25, -0.2) is 4.98 Å². The highest BCUT2D eigenvalue weighted by Crippen LogP contribution is 2.44. The molecular weight excluding hydrogens is 404 g/mol. The second-order valence-corrected chi connectivity index (χ2v) is 7.61. The fraction of sp³-hybridized carbons (Fsp3) is 0.167. The number of alkyl halides is 3. The second kappa shape index (κ2) is 7.94. The van der Waals surface area contributed by atoms with Crippen LogP contribution in [0.15, 0.2) is 66.1 Å². The van der Waals surface area contributed by atoms with Crippen LogP contribution in [-0.2, 0) is 12.7 Å². The maximum absolute atomic E-state index is 13.5. The van der Waals surface area contributed by atoms with Gasteiger partial charge in [-0.05, 0) is 29.8 Å². The largest absolute Gasteiger partial charge is 0.416 e. The molecular formula is C18H13Cl2F3N2S. The molecule has 0 aliphatic carbocycles. The third-order valence-corrected chi connectivity index (χ3v) is 5.67. The fourth-order valence-corrected chi connectivity index (χ4v) is 4.29. The Hall–Kier alpha value is -1.63. The summed E-state index contributed by atoms with van der Waals surface area (Å²) in [5, 5.41) is 0.365. The van der Waals surface area contributed by atoms with Crippen molar-refractivity contribution >= 4 is 35.0 Å². The summed E-state index contributed by atoms with van der Waals surface area (Å²) in [7, 11) is 0. The Morgan fingerprint density at radius 1 is 1.12 bits per heavy atom. The van der Waals surface area contributed by atoms with Crippen molar-refractivity contribution in [1.29, 1.82) is 0 Å². The number of halogens is 5. The minimum atomic E-state index is -4.44. The summed E-state index contributed by atoms with van der Waals surface area (Å²) in [5.74, 6) is 0. The molecule has 8 heteroatoms. The molecule has 0 aliphatic heterocycles. The van der Waals surface area contributed by atoms with Gasteiger partial charge in [0.2, 0.25) is 0 Å². The van der Waals surface area contributed by atoms with Crippen LogP contribution in [-0.4, -0.2) is 9.55 Å². The van der Waals surface area contributed by atoms with Crippen LogP contribution in [0.25, 0.3) is 0 Å². The van der Waals surface area contributed by atoms with E-state index in [2.05, 4.69) is 4.98 Å². The van der Waals surface area contributed by atoms with Crippen LogP contribution in [0, 0.1) is 0 Å². The van der Waals surface area contributed by atoms with E-state index in [1.165, 1.54) is 23.9 Å². The van der Waals surface area contributed by atoms with Crippen molar-refractivity contribution < 1.29 is 13.2 Å². The maximum atomic E-state index is 13.5.